The normalized spacial score (nSPS) is 33.1. The van der Waals surface area contributed by atoms with Gasteiger partial charge in [-0.25, -0.2) is 0 Å². The molecular formula is C19H36N2. The number of hydrogen-bond acceptors (Lipinski definition) is 2. The SMILES string of the molecule is CCC(C)N1CC2(CCCCC2)NCC1C1CCCCC1. The first-order valence-corrected chi connectivity index (χ1v) is 9.75. The first kappa shape index (κ1) is 15.8. The van der Waals surface area contributed by atoms with Gasteiger partial charge in [-0.1, -0.05) is 45.4 Å². The first-order chi connectivity index (χ1) is 10.2. The Labute approximate surface area is 132 Å². The second-order valence-electron chi connectivity index (χ2n) is 8.12. The van der Waals surface area contributed by atoms with Crippen LogP contribution in [0.1, 0.15) is 84.5 Å². The van der Waals surface area contributed by atoms with Crippen molar-refractivity contribution in [2.75, 3.05) is 13.1 Å². The van der Waals surface area contributed by atoms with Gasteiger partial charge < -0.3 is 5.32 Å². The quantitative estimate of drug-likeness (QED) is 0.832. The highest BCUT2D eigenvalue weighted by Gasteiger charge is 2.43. The average Bonchev–Trinajstić information content (AvgIpc) is 2.55. The van der Waals surface area contributed by atoms with Gasteiger partial charge in [-0.3, -0.25) is 4.90 Å². The molecule has 1 saturated heterocycles. The lowest BCUT2D eigenvalue weighted by atomic mass is 9.75. The molecule has 1 heterocycles. The highest BCUT2D eigenvalue weighted by molar-refractivity contribution is 5.02. The predicted octanol–water partition coefficient (Wildman–Crippen LogP) is 4.34. The van der Waals surface area contributed by atoms with Crippen molar-refractivity contribution in [3.8, 4) is 0 Å². The van der Waals surface area contributed by atoms with E-state index in [2.05, 4.69) is 24.1 Å². The third-order valence-electron chi connectivity index (χ3n) is 6.76. The lowest BCUT2D eigenvalue weighted by Gasteiger charge is -2.54. The zero-order valence-corrected chi connectivity index (χ0v) is 14.4. The van der Waals surface area contributed by atoms with E-state index in [4.69, 9.17) is 0 Å². The minimum atomic E-state index is 0.465. The Bertz CT molecular complexity index is 316. The lowest BCUT2D eigenvalue weighted by Crippen LogP contribution is -2.67. The van der Waals surface area contributed by atoms with Gasteiger partial charge in [0.2, 0.25) is 0 Å². The fourth-order valence-electron chi connectivity index (χ4n) is 5.20. The van der Waals surface area contributed by atoms with Crippen molar-refractivity contribution in [3.05, 3.63) is 0 Å². The Hall–Kier alpha value is -0.0800. The summed E-state index contributed by atoms with van der Waals surface area (Å²) < 4.78 is 0. The van der Waals surface area contributed by atoms with E-state index >= 15 is 0 Å². The second kappa shape index (κ2) is 7.00. The third-order valence-corrected chi connectivity index (χ3v) is 6.76. The van der Waals surface area contributed by atoms with E-state index in [0.29, 0.717) is 5.54 Å². The van der Waals surface area contributed by atoms with Crippen LogP contribution in [0.3, 0.4) is 0 Å². The van der Waals surface area contributed by atoms with Gasteiger partial charge in [0.05, 0.1) is 0 Å². The largest absolute Gasteiger partial charge is 0.308 e. The predicted molar refractivity (Wildman–Crippen MR) is 90.6 cm³/mol. The number of nitrogens with zero attached hydrogens (tertiary/aromatic N) is 1. The van der Waals surface area contributed by atoms with Gasteiger partial charge in [0.1, 0.15) is 0 Å². The molecule has 1 N–H and O–H groups in total. The second-order valence-corrected chi connectivity index (χ2v) is 8.12. The van der Waals surface area contributed by atoms with Gasteiger partial charge >= 0.3 is 0 Å². The summed E-state index contributed by atoms with van der Waals surface area (Å²) in [6.45, 7) is 7.42. The van der Waals surface area contributed by atoms with Crippen molar-refractivity contribution in [2.24, 2.45) is 5.92 Å². The number of nitrogens with one attached hydrogen (secondary N) is 1. The molecule has 2 heteroatoms. The zero-order valence-electron chi connectivity index (χ0n) is 14.4. The maximum absolute atomic E-state index is 4.05. The summed E-state index contributed by atoms with van der Waals surface area (Å²) in [6, 6.07) is 1.57. The number of piperazine rings is 1. The maximum Gasteiger partial charge on any atom is 0.0309 e. The monoisotopic (exact) mass is 292 g/mol. The summed E-state index contributed by atoms with van der Waals surface area (Å²) in [4.78, 5) is 2.93. The van der Waals surface area contributed by atoms with Gasteiger partial charge in [-0.2, -0.15) is 0 Å². The summed E-state index contributed by atoms with van der Waals surface area (Å²) in [7, 11) is 0. The smallest absolute Gasteiger partial charge is 0.0309 e. The van der Waals surface area contributed by atoms with Crippen molar-refractivity contribution < 1.29 is 0 Å². The van der Waals surface area contributed by atoms with Crippen molar-refractivity contribution in [3.63, 3.8) is 0 Å². The third kappa shape index (κ3) is 3.47. The van der Waals surface area contributed by atoms with Crippen LogP contribution < -0.4 is 5.32 Å². The van der Waals surface area contributed by atoms with E-state index in [1.54, 1.807) is 0 Å². The van der Waals surface area contributed by atoms with Gasteiger partial charge in [-0.15, -0.1) is 0 Å². The van der Waals surface area contributed by atoms with E-state index in [9.17, 15) is 0 Å². The molecule has 0 radical (unpaired) electrons. The zero-order chi connectivity index (χ0) is 14.7. The van der Waals surface area contributed by atoms with Crippen molar-refractivity contribution in [2.45, 2.75) is 102 Å². The van der Waals surface area contributed by atoms with E-state index in [1.807, 2.05) is 0 Å². The Balaban J connectivity index is 1.71. The van der Waals surface area contributed by atoms with Crippen molar-refractivity contribution in [1.29, 1.82) is 0 Å². The van der Waals surface area contributed by atoms with Gasteiger partial charge in [0.15, 0.2) is 0 Å². The highest BCUT2D eigenvalue weighted by atomic mass is 15.3. The van der Waals surface area contributed by atoms with Crippen LogP contribution in [0, 0.1) is 5.92 Å². The van der Waals surface area contributed by atoms with Gasteiger partial charge in [0, 0.05) is 30.7 Å². The molecular weight excluding hydrogens is 256 g/mol. The molecule has 21 heavy (non-hydrogen) atoms. The molecule has 0 bridgehead atoms. The summed E-state index contributed by atoms with van der Waals surface area (Å²) >= 11 is 0. The molecule has 0 amide bonds. The molecule has 2 aliphatic carbocycles. The molecule has 3 rings (SSSR count). The topological polar surface area (TPSA) is 15.3 Å². The molecule has 3 aliphatic rings. The molecule has 2 atom stereocenters. The van der Waals surface area contributed by atoms with E-state index in [1.165, 1.54) is 83.7 Å². The highest BCUT2D eigenvalue weighted by Crippen LogP contribution is 2.37. The standard InChI is InChI=1S/C19H36N2/c1-3-16(2)21-15-19(12-8-5-9-13-19)20-14-18(21)17-10-6-4-7-11-17/h16-18,20H,3-15H2,1-2H3. The summed E-state index contributed by atoms with van der Waals surface area (Å²) in [6.07, 6.45) is 15.8. The Morgan fingerprint density at radius 2 is 1.71 bits per heavy atom. The van der Waals surface area contributed by atoms with Gasteiger partial charge in [0.25, 0.3) is 0 Å². The van der Waals surface area contributed by atoms with Crippen molar-refractivity contribution >= 4 is 0 Å². The summed E-state index contributed by atoms with van der Waals surface area (Å²) in [5, 5.41) is 4.05. The van der Waals surface area contributed by atoms with E-state index in [-0.39, 0.29) is 0 Å². The van der Waals surface area contributed by atoms with Gasteiger partial charge in [-0.05, 0) is 44.9 Å². The maximum atomic E-state index is 4.05. The van der Waals surface area contributed by atoms with Crippen LogP contribution in [0.4, 0.5) is 0 Å². The Morgan fingerprint density at radius 3 is 2.38 bits per heavy atom. The summed E-state index contributed by atoms with van der Waals surface area (Å²) in [5.41, 5.74) is 0.465. The van der Waals surface area contributed by atoms with Crippen LogP contribution in [0.2, 0.25) is 0 Å². The molecule has 1 spiro atoms. The minimum Gasteiger partial charge on any atom is -0.308 e. The first-order valence-electron chi connectivity index (χ1n) is 9.75. The van der Waals surface area contributed by atoms with Crippen LogP contribution in [0.25, 0.3) is 0 Å². The molecule has 3 fully saturated rings. The van der Waals surface area contributed by atoms with E-state index in [0.717, 1.165) is 18.0 Å². The molecule has 2 nitrogen and oxygen atoms in total. The number of hydrogen-bond donors (Lipinski definition) is 1. The Kier molecular flexibility index (Phi) is 5.27. The van der Waals surface area contributed by atoms with Crippen LogP contribution in [-0.2, 0) is 0 Å². The van der Waals surface area contributed by atoms with Crippen LogP contribution in [-0.4, -0.2) is 35.6 Å². The molecule has 0 aromatic carbocycles. The molecule has 2 unspecified atom stereocenters. The lowest BCUT2D eigenvalue weighted by molar-refractivity contribution is -0.00381. The number of rotatable bonds is 3. The fourth-order valence-corrected chi connectivity index (χ4v) is 5.20. The Morgan fingerprint density at radius 1 is 1.05 bits per heavy atom. The van der Waals surface area contributed by atoms with Crippen LogP contribution in [0.15, 0.2) is 0 Å². The summed E-state index contributed by atoms with van der Waals surface area (Å²) in [5.74, 6) is 0.959. The van der Waals surface area contributed by atoms with Crippen molar-refractivity contribution in [1.82, 2.24) is 10.2 Å². The minimum absolute atomic E-state index is 0.465. The van der Waals surface area contributed by atoms with Crippen LogP contribution in [0.5, 0.6) is 0 Å². The molecule has 2 saturated carbocycles. The molecule has 0 aromatic rings. The van der Waals surface area contributed by atoms with E-state index < -0.39 is 0 Å². The molecule has 1 aliphatic heterocycles. The van der Waals surface area contributed by atoms with Crippen LogP contribution >= 0.6 is 0 Å². The average molecular weight is 293 g/mol. The fraction of sp³-hybridized carbons (Fsp3) is 1.00. The molecule has 122 valence electrons. The molecule has 0 aromatic heterocycles.